The van der Waals surface area contributed by atoms with Gasteiger partial charge in [0.05, 0.1) is 11.4 Å². The van der Waals surface area contributed by atoms with Crippen molar-refractivity contribution in [2.24, 2.45) is 11.0 Å². The lowest BCUT2D eigenvalue weighted by molar-refractivity contribution is -0.455. The first-order valence-electron chi connectivity index (χ1n) is 12.6. The van der Waals surface area contributed by atoms with Crippen LogP contribution in [0.25, 0.3) is 10.9 Å². The predicted octanol–water partition coefficient (Wildman–Crippen LogP) is 4.71. The van der Waals surface area contributed by atoms with E-state index in [2.05, 4.69) is 26.0 Å². The second-order valence-corrected chi connectivity index (χ2v) is 10.3. The monoisotopic (exact) mass is 533 g/mol. The van der Waals surface area contributed by atoms with Crippen LogP contribution < -0.4 is 16.0 Å². The van der Waals surface area contributed by atoms with Crippen LogP contribution in [0.15, 0.2) is 41.1 Å². The largest absolute Gasteiger partial charge is 0.433 e. The molecule has 5 rings (SSSR count). The number of nitrogens with one attached hydrogen (secondary N) is 3. The van der Waals surface area contributed by atoms with Gasteiger partial charge in [0.25, 0.3) is 5.91 Å². The molecule has 1 unspecified atom stereocenters. The number of hydrazone groups is 1. The van der Waals surface area contributed by atoms with Gasteiger partial charge < -0.3 is 16.0 Å². The third-order valence-electron chi connectivity index (χ3n) is 6.99. The molecule has 2 fully saturated rings. The number of alkyl halides is 3. The maximum atomic E-state index is 13.5. The van der Waals surface area contributed by atoms with Crippen LogP contribution in [0.5, 0.6) is 0 Å². The van der Waals surface area contributed by atoms with Crippen molar-refractivity contribution >= 4 is 46.5 Å². The van der Waals surface area contributed by atoms with Crippen LogP contribution in [0, 0.1) is 5.92 Å². The summed E-state index contributed by atoms with van der Waals surface area (Å²) in [5.41, 5.74) is 0.0917. The molecule has 1 aromatic heterocycles. The summed E-state index contributed by atoms with van der Waals surface area (Å²) in [6.07, 6.45) is 5.97. The molecule has 1 saturated carbocycles. The van der Waals surface area contributed by atoms with Crippen molar-refractivity contribution in [1.82, 2.24) is 15.6 Å². The zero-order valence-electron chi connectivity index (χ0n) is 20.2. The summed E-state index contributed by atoms with van der Waals surface area (Å²) in [5, 5.41) is 15.0. The van der Waals surface area contributed by atoms with Crippen LogP contribution in [0.3, 0.4) is 0 Å². The van der Waals surface area contributed by atoms with E-state index in [1.807, 2.05) is 6.21 Å². The molecule has 11 heteroatoms. The van der Waals surface area contributed by atoms with Crippen LogP contribution in [0.1, 0.15) is 44.2 Å². The number of nitrogens with zero attached hydrogens (tertiary/aromatic N) is 3. The van der Waals surface area contributed by atoms with Gasteiger partial charge in [-0.25, -0.2) is 4.98 Å². The molecule has 1 aromatic carbocycles. The summed E-state index contributed by atoms with van der Waals surface area (Å²) >= 11 is 6.12. The zero-order valence-corrected chi connectivity index (χ0v) is 20.9. The number of fused-ring (bicyclic) bond motifs is 1. The molecule has 1 aliphatic carbocycles. The van der Waals surface area contributed by atoms with Gasteiger partial charge in [0.1, 0.15) is 17.5 Å². The number of benzene rings is 1. The number of hydrogen-bond acceptors (Lipinski definition) is 5. The molecule has 0 bridgehead atoms. The maximum Gasteiger partial charge on any atom is 0.433 e. The minimum absolute atomic E-state index is 0.104. The predicted molar refractivity (Wildman–Crippen MR) is 138 cm³/mol. The number of anilines is 1. The van der Waals surface area contributed by atoms with Crippen molar-refractivity contribution in [1.29, 1.82) is 0 Å². The molecule has 3 aliphatic rings. The number of rotatable bonds is 5. The first kappa shape index (κ1) is 25.7. The van der Waals surface area contributed by atoms with E-state index in [0.717, 1.165) is 51.3 Å². The lowest BCUT2D eigenvalue weighted by atomic mass is 9.90. The van der Waals surface area contributed by atoms with Crippen molar-refractivity contribution in [3.8, 4) is 0 Å². The molecule has 1 saturated heterocycles. The molecule has 3 N–H and O–H groups in total. The van der Waals surface area contributed by atoms with E-state index in [1.54, 1.807) is 23.2 Å². The highest BCUT2D eigenvalue weighted by molar-refractivity contribution is 6.31. The standard InChI is InChI=1S/C26H28ClF3N6O/c27-18-6-7-22-21(9-18)23(11-24(35-22)26(28,29)30)33-19-4-1-5-20(10-19)34-25(37)17-13-32-36(15-17)14-16-3-2-8-31-12-16/h6-7,9,11,13-16,19-20,31H,1-5,8,10,12H2,(H-,33,34,35,37)/p+1/b36-14-/t16?,19-,20+/m0/s1. The van der Waals surface area contributed by atoms with E-state index in [1.165, 1.54) is 12.1 Å². The smallest absolute Gasteiger partial charge is 0.382 e. The maximum absolute atomic E-state index is 13.5. The van der Waals surface area contributed by atoms with E-state index in [0.29, 0.717) is 34.0 Å². The number of halogens is 4. The number of carbonyl (C=O) groups excluding carboxylic acids is 1. The number of hydrogen-bond donors (Lipinski definition) is 3. The fourth-order valence-corrected chi connectivity index (χ4v) is 5.33. The molecule has 2 aromatic rings. The highest BCUT2D eigenvalue weighted by Gasteiger charge is 2.34. The highest BCUT2D eigenvalue weighted by Crippen LogP contribution is 2.35. The molecule has 7 nitrogen and oxygen atoms in total. The van der Waals surface area contributed by atoms with Crippen LogP contribution in [0.2, 0.25) is 5.02 Å². The zero-order chi connectivity index (χ0) is 26.0. The summed E-state index contributed by atoms with van der Waals surface area (Å²) in [6.45, 7) is 1.93. The van der Waals surface area contributed by atoms with Gasteiger partial charge in [-0.3, -0.25) is 4.79 Å². The Morgan fingerprint density at radius 2 is 2.00 bits per heavy atom. The van der Waals surface area contributed by atoms with Crippen molar-refractivity contribution in [3.63, 3.8) is 0 Å². The fourth-order valence-electron chi connectivity index (χ4n) is 5.16. The number of pyridine rings is 1. The Balaban J connectivity index is 1.26. The van der Waals surface area contributed by atoms with Crippen molar-refractivity contribution in [2.75, 3.05) is 18.4 Å². The minimum atomic E-state index is -4.57. The van der Waals surface area contributed by atoms with Crippen LogP contribution in [-0.4, -0.2) is 53.2 Å². The van der Waals surface area contributed by atoms with Gasteiger partial charge in [0.15, 0.2) is 6.21 Å². The SMILES string of the molecule is O=C(N[C@@H]1CCC[C@H](Nc2cc(C(F)(F)F)nc3ccc(Cl)cc23)C1)C1=C/[N+](=C/C2CCCNC2)N=C1. The Morgan fingerprint density at radius 3 is 2.78 bits per heavy atom. The summed E-state index contributed by atoms with van der Waals surface area (Å²) in [6, 6.07) is 5.45. The van der Waals surface area contributed by atoms with Crippen molar-refractivity contribution in [2.45, 2.75) is 56.8 Å². The normalized spacial score (nSPS) is 25.4. The first-order chi connectivity index (χ1) is 17.7. The van der Waals surface area contributed by atoms with Gasteiger partial charge in [-0.1, -0.05) is 16.3 Å². The van der Waals surface area contributed by atoms with Gasteiger partial charge >= 0.3 is 6.18 Å². The molecule has 0 radical (unpaired) electrons. The summed E-state index contributed by atoms with van der Waals surface area (Å²) in [7, 11) is 0. The molecule has 0 spiro atoms. The number of carbonyl (C=O) groups is 1. The van der Waals surface area contributed by atoms with Crippen molar-refractivity contribution in [3.05, 3.63) is 46.8 Å². The molecule has 2 aliphatic heterocycles. The Kier molecular flexibility index (Phi) is 7.48. The lowest BCUT2D eigenvalue weighted by Crippen LogP contribution is -2.42. The quantitative estimate of drug-likeness (QED) is 0.486. The summed E-state index contributed by atoms with van der Waals surface area (Å²) < 4.78 is 42.1. The number of amides is 1. The molecule has 1 amide bonds. The second-order valence-electron chi connectivity index (χ2n) is 9.86. The Hall–Kier alpha value is -2.98. The first-order valence-corrected chi connectivity index (χ1v) is 13.0. The van der Waals surface area contributed by atoms with Crippen LogP contribution in [-0.2, 0) is 11.0 Å². The third kappa shape index (κ3) is 6.30. The Labute approximate surface area is 217 Å². The summed E-state index contributed by atoms with van der Waals surface area (Å²) in [5.74, 6) is 0.180. The van der Waals surface area contributed by atoms with Gasteiger partial charge in [0, 0.05) is 34.7 Å². The lowest BCUT2D eigenvalue weighted by Gasteiger charge is -2.31. The summed E-state index contributed by atoms with van der Waals surface area (Å²) in [4.78, 5) is 16.7. The average molecular weight is 534 g/mol. The number of piperidine rings is 1. The van der Waals surface area contributed by atoms with Crippen molar-refractivity contribution < 1.29 is 22.7 Å². The molecular formula is C26H29ClF3N6O+. The number of aromatic nitrogens is 1. The fraction of sp³-hybridized carbons (Fsp3) is 0.462. The third-order valence-corrected chi connectivity index (χ3v) is 7.23. The molecule has 196 valence electrons. The highest BCUT2D eigenvalue weighted by atomic mass is 35.5. The van der Waals surface area contributed by atoms with E-state index < -0.39 is 11.9 Å². The average Bonchev–Trinajstić information content (AvgIpc) is 3.33. The van der Waals surface area contributed by atoms with Crippen LogP contribution in [0.4, 0.5) is 18.9 Å². The van der Waals surface area contributed by atoms with E-state index in [9.17, 15) is 18.0 Å². The van der Waals surface area contributed by atoms with E-state index in [4.69, 9.17) is 11.6 Å². The van der Waals surface area contributed by atoms with E-state index in [-0.39, 0.29) is 23.5 Å². The molecule has 3 heterocycles. The minimum Gasteiger partial charge on any atom is -0.382 e. The molecular weight excluding hydrogens is 505 g/mol. The Morgan fingerprint density at radius 1 is 1.16 bits per heavy atom. The molecule has 3 atom stereocenters. The second kappa shape index (κ2) is 10.8. The van der Waals surface area contributed by atoms with Gasteiger partial charge in [0.2, 0.25) is 6.20 Å². The van der Waals surface area contributed by atoms with Gasteiger partial charge in [-0.15, -0.1) is 0 Å². The van der Waals surface area contributed by atoms with E-state index >= 15 is 0 Å². The van der Waals surface area contributed by atoms with Crippen LogP contribution >= 0.6 is 11.6 Å². The topological polar surface area (TPSA) is 81.4 Å². The Bertz CT molecular complexity index is 1270. The van der Waals surface area contributed by atoms with Gasteiger partial charge in [-0.05, 0) is 74.4 Å². The molecule has 37 heavy (non-hydrogen) atoms. The van der Waals surface area contributed by atoms with Gasteiger partial charge in [-0.2, -0.15) is 13.2 Å².